The number of carbonyl (C=O) groups excluding carboxylic acids is 1. The van der Waals surface area contributed by atoms with Crippen molar-refractivity contribution in [2.45, 2.75) is 31.9 Å². The highest BCUT2D eigenvalue weighted by Gasteiger charge is 2.32. The van der Waals surface area contributed by atoms with E-state index in [1.54, 1.807) is 19.1 Å². The summed E-state index contributed by atoms with van der Waals surface area (Å²) in [5, 5.41) is 19.0. The van der Waals surface area contributed by atoms with Crippen LogP contribution >= 0.6 is 0 Å². The first-order valence-corrected chi connectivity index (χ1v) is 10.8. The summed E-state index contributed by atoms with van der Waals surface area (Å²) < 4.78 is 49.5. The SMILES string of the molecule is Cc1cc(C(=O)Cc2ccc(C(F)(F)F)nc2)ccc1Oc1cc2c(cc1C#N)C(C(=O)O)CCO2. The number of carbonyl (C=O) groups is 2. The number of nitriles is 1. The molecular formula is C26H19F3N2O5. The minimum atomic E-state index is -4.55. The van der Waals surface area contributed by atoms with Crippen LogP contribution < -0.4 is 9.47 Å². The number of carboxylic acid groups (broad SMARTS) is 1. The molecule has 1 aromatic heterocycles. The van der Waals surface area contributed by atoms with Crippen molar-refractivity contribution in [2.24, 2.45) is 0 Å². The third kappa shape index (κ3) is 5.15. The number of ether oxygens (including phenoxy) is 2. The number of rotatable bonds is 6. The number of Topliss-reactive ketones (excluding diaryl/α,β-unsaturated/α-hetero) is 1. The van der Waals surface area contributed by atoms with Gasteiger partial charge in [0.05, 0.1) is 18.1 Å². The molecule has 0 radical (unpaired) electrons. The zero-order valence-electron chi connectivity index (χ0n) is 18.9. The minimum Gasteiger partial charge on any atom is -0.493 e. The van der Waals surface area contributed by atoms with Crippen molar-refractivity contribution in [3.63, 3.8) is 0 Å². The zero-order chi connectivity index (χ0) is 26.0. The fourth-order valence-corrected chi connectivity index (χ4v) is 3.89. The van der Waals surface area contributed by atoms with Crippen LogP contribution in [0.3, 0.4) is 0 Å². The van der Waals surface area contributed by atoms with Gasteiger partial charge < -0.3 is 14.6 Å². The summed E-state index contributed by atoms with van der Waals surface area (Å²) >= 11 is 0. The van der Waals surface area contributed by atoms with Gasteiger partial charge in [-0.2, -0.15) is 18.4 Å². The predicted octanol–water partition coefficient (Wildman–Crippen LogP) is 5.45. The number of aromatic nitrogens is 1. The van der Waals surface area contributed by atoms with E-state index >= 15 is 0 Å². The Bertz CT molecular complexity index is 1380. The lowest BCUT2D eigenvalue weighted by Gasteiger charge is -2.24. The van der Waals surface area contributed by atoms with Gasteiger partial charge in [-0.25, -0.2) is 0 Å². The second-order valence-corrected chi connectivity index (χ2v) is 8.26. The Labute approximate surface area is 203 Å². The van der Waals surface area contributed by atoms with E-state index in [0.717, 1.165) is 12.3 Å². The largest absolute Gasteiger partial charge is 0.493 e. The van der Waals surface area contributed by atoms with Crippen LogP contribution in [0.5, 0.6) is 17.2 Å². The molecule has 36 heavy (non-hydrogen) atoms. The maximum Gasteiger partial charge on any atom is 0.433 e. The molecule has 1 atom stereocenters. The van der Waals surface area contributed by atoms with E-state index in [4.69, 9.17) is 9.47 Å². The molecule has 2 heterocycles. The van der Waals surface area contributed by atoms with E-state index in [1.165, 1.54) is 24.3 Å². The number of hydrogen-bond donors (Lipinski definition) is 1. The van der Waals surface area contributed by atoms with Crippen molar-refractivity contribution in [1.82, 2.24) is 4.98 Å². The molecular weight excluding hydrogens is 477 g/mol. The standard InChI is InChI=1S/C26H19F3N2O5/c1-14-8-16(20(32)9-15-2-5-24(31-13-15)26(27,28)29)3-4-21(14)36-22-11-23-19(10-17(22)12-30)18(25(33)34)6-7-35-23/h2-5,8,10-11,13,18H,6-7,9H2,1H3,(H,33,34). The van der Waals surface area contributed by atoms with Crippen LogP contribution in [0.4, 0.5) is 13.2 Å². The first-order chi connectivity index (χ1) is 17.1. The maximum atomic E-state index is 12.7. The van der Waals surface area contributed by atoms with Gasteiger partial charge in [-0.3, -0.25) is 14.6 Å². The van der Waals surface area contributed by atoms with E-state index in [0.29, 0.717) is 40.2 Å². The van der Waals surface area contributed by atoms with Gasteiger partial charge in [-0.05, 0) is 54.8 Å². The smallest absolute Gasteiger partial charge is 0.433 e. The summed E-state index contributed by atoms with van der Waals surface area (Å²) in [6.45, 7) is 1.92. The van der Waals surface area contributed by atoms with Crippen molar-refractivity contribution < 1.29 is 37.3 Å². The van der Waals surface area contributed by atoms with Crippen LogP contribution in [0.25, 0.3) is 0 Å². The third-order valence-electron chi connectivity index (χ3n) is 5.77. The van der Waals surface area contributed by atoms with E-state index in [1.807, 2.05) is 6.07 Å². The number of carboxylic acids is 1. The Morgan fingerprint density at radius 2 is 1.97 bits per heavy atom. The van der Waals surface area contributed by atoms with Crippen LogP contribution in [-0.2, 0) is 17.4 Å². The second-order valence-electron chi connectivity index (χ2n) is 8.26. The summed E-state index contributed by atoms with van der Waals surface area (Å²) in [5.41, 5.74) is 0.779. The molecule has 0 amide bonds. The van der Waals surface area contributed by atoms with Gasteiger partial charge in [0.25, 0.3) is 0 Å². The molecule has 184 valence electrons. The Kier molecular flexibility index (Phi) is 6.66. The molecule has 1 aliphatic rings. The maximum absolute atomic E-state index is 12.7. The minimum absolute atomic E-state index is 0.129. The molecule has 0 bridgehead atoms. The Hall–Kier alpha value is -4.39. The molecule has 1 aliphatic heterocycles. The second kappa shape index (κ2) is 9.70. The van der Waals surface area contributed by atoms with Crippen molar-refractivity contribution in [3.8, 4) is 23.3 Å². The van der Waals surface area contributed by atoms with Gasteiger partial charge in [0, 0.05) is 29.8 Å². The highest BCUT2D eigenvalue weighted by atomic mass is 19.4. The quantitative estimate of drug-likeness (QED) is 0.452. The molecule has 0 saturated carbocycles. The van der Waals surface area contributed by atoms with Gasteiger partial charge in [0.2, 0.25) is 0 Å². The number of fused-ring (bicyclic) bond motifs is 1. The van der Waals surface area contributed by atoms with Gasteiger partial charge in [-0.1, -0.05) is 6.07 Å². The molecule has 0 saturated heterocycles. The Morgan fingerprint density at radius 3 is 2.58 bits per heavy atom. The molecule has 0 fully saturated rings. The molecule has 2 aromatic carbocycles. The zero-order valence-corrected chi connectivity index (χ0v) is 18.9. The van der Waals surface area contributed by atoms with E-state index in [9.17, 15) is 33.1 Å². The highest BCUT2D eigenvalue weighted by molar-refractivity contribution is 5.97. The Morgan fingerprint density at radius 1 is 1.19 bits per heavy atom. The van der Waals surface area contributed by atoms with Crippen LogP contribution in [0.2, 0.25) is 0 Å². The lowest BCUT2D eigenvalue weighted by Crippen LogP contribution is -2.21. The number of benzene rings is 2. The van der Waals surface area contributed by atoms with Gasteiger partial charge in [0.1, 0.15) is 29.0 Å². The van der Waals surface area contributed by atoms with Crippen LogP contribution in [-0.4, -0.2) is 28.4 Å². The number of hydrogen-bond acceptors (Lipinski definition) is 6. The number of aliphatic carboxylic acids is 1. The summed E-state index contributed by atoms with van der Waals surface area (Å²) in [6, 6.07) is 11.6. The summed E-state index contributed by atoms with van der Waals surface area (Å²) in [7, 11) is 0. The Balaban J connectivity index is 1.53. The molecule has 1 N–H and O–H groups in total. The van der Waals surface area contributed by atoms with Crippen molar-refractivity contribution in [1.29, 1.82) is 5.26 Å². The number of aryl methyl sites for hydroxylation is 1. The summed E-state index contributed by atoms with van der Waals surface area (Å²) in [6.07, 6.45) is -3.36. The predicted molar refractivity (Wildman–Crippen MR) is 120 cm³/mol. The lowest BCUT2D eigenvalue weighted by molar-refractivity contribution is -0.141. The average molecular weight is 496 g/mol. The first-order valence-electron chi connectivity index (χ1n) is 10.8. The van der Waals surface area contributed by atoms with Crippen molar-refractivity contribution in [2.75, 3.05) is 6.61 Å². The molecule has 0 aliphatic carbocycles. The van der Waals surface area contributed by atoms with Gasteiger partial charge in [-0.15, -0.1) is 0 Å². The van der Waals surface area contributed by atoms with Gasteiger partial charge >= 0.3 is 12.1 Å². The van der Waals surface area contributed by atoms with Crippen molar-refractivity contribution >= 4 is 11.8 Å². The topological polar surface area (TPSA) is 110 Å². The molecule has 1 unspecified atom stereocenters. The fourth-order valence-electron chi connectivity index (χ4n) is 3.89. The fraction of sp³-hybridized carbons (Fsp3) is 0.231. The molecule has 0 spiro atoms. The summed E-state index contributed by atoms with van der Waals surface area (Å²) in [4.78, 5) is 27.6. The molecule has 7 nitrogen and oxygen atoms in total. The number of ketones is 1. The number of halogens is 3. The number of nitrogens with zero attached hydrogens (tertiary/aromatic N) is 2. The van der Waals surface area contributed by atoms with Gasteiger partial charge in [0.15, 0.2) is 5.78 Å². The van der Waals surface area contributed by atoms with Crippen LogP contribution in [0.15, 0.2) is 48.7 Å². The number of alkyl halides is 3. The average Bonchev–Trinajstić information content (AvgIpc) is 2.84. The number of pyridine rings is 1. The normalized spacial score (nSPS) is 14.8. The van der Waals surface area contributed by atoms with Crippen molar-refractivity contribution in [3.05, 3.63) is 82.2 Å². The van der Waals surface area contributed by atoms with E-state index in [2.05, 4.69) is 4.98 Å². The highest BCUT2D eigenvalue weighted by Crippen LogP contribution is 2.40. The summed E-state index contributed by atoms with van der Waals surface area (Å²) in [5.74, 6) is -1.21. The lowest BCUT2D eigenvalue weighted by atomic mass is 9.91. The monoisotopic (exact) mass is 496 g/mol. The van der Waals surface area contributed by atoms with Crippen LogP contribution in [0, 0.1) is 18.3 Å². The van der Waals surface area contributed by atoms with Crippen LogP contribution in [0.1, 0.15) is 50.6 Å². The molecule has 10 heteroatoms. The third-order valence-corrected chi connectivity index (χ3v) is 5.77. The van der Waals surface area contributed by atoms with E-state index in [-0.39, 0.29) is 30.1 Å². The van der Waals surface area contributed by atoms with E-state index < -0.39 is 23.8 Å². The molecule has 4 rings (SSSR count). The first kappa shape index (κ1) is 24.7. The molecule has 3 aromatic rings.